The number of hydrogen-bond donors (Lipinski definition) is 3. The maximum atomic E-state index is 12.3. The molecule has 5 nitrogen and oxygen atoms in total. The molecule has 0 aromatic carbocycles. The molecule has 7 heteroatoms. The number of amides is 1. The van der Waals surface area contributed by atoms with E-state index in [0.717, 1.165) is 57.6 Å². The summed E-state index contributed by atoms with van der Waals surface area (Å²) >= 11 is 0. The minimum absolute atomic E-state index is 0. The Kier molecular flexibility index (Phi) is 11.0. The third-order valence-corrected chi connectivity index (χ3v) is 4.14. The van der Waals surface area contributed by atoms with Crippen molar-refractivity contribution in [2.75, 3.05) is 25.0 Å². The summed E-state index contributed by atoms with van der Waals surface area (Å²) in [7, 11) is 0. The van der Waals surface area contributed by atoms with Gasteiger partial charge in [-0.3, -0.25) is 4.79 Å². The summed E-state index contributed by atoms with van der Waals surface area (Å²) in [6.45, 7) is 4.65. The van der Waals surface area contributed by atoms with Crippen LogP contribution in [0.15, 0.2) is 24.4 Å². The number of anilines is 1. The Balaban J connectivity index is 0.00000242. The number of rotatable bonds is 8. The lowest BCUT2D eigenvalue weighted by Gasteiger charge is -2.26. The lowest BCUT2D eigenvalue weighted by molar-refractivity contribution is -0.127. The number of pyridine rings is 1. The predicted octanol–water partition coefficient (Wildman–Crippen LogP) is 2.77. The Hall–Kier alpha value is -1.04. The number of carbonyl (C=O) groups is 1. The number of carbonyl (C=O) groups excluding carboxylic acids is 1. The van der Waals surface area contributed by atoms with E-state index >= 15 is 0 Å². The van der Waals surface area contributed by atoms with Crippen molar-refractivity contribution in [1.29, 1.82) is 0 Å². The average Bonchev–Trinajstić information content (AvgIpc) is 3.02. The number of halogens is 2. The highest BCUT2D eigenvalue weighted by Gasteiger charge is 2.38. The van der Waals surface area contributed by atoms with Gasteiger partial charge in [-0.25, -0.2) is 4.98 Å². The van der Waals surface area contributed by atoms with Gasteiger partial charge in [0.1, 0.15) is 5.82 Å². The molecule has 1 fully saturated rings. The molecule has 1 unspecified atom stereocenters. The summed E-state index contributed by atoms with van der Waals surface area (Å²) in [6, 6.07) is 5.83. The molecule has 1 atom stereocenters. The van der Waals surface area contributed by atoms with Gasteiger partial charge in [0.25, 0.3) is 0 Å². The van der Waals surface area contributed by atoms with Gasteiger partial charge < -0.3 is 16.0 Å². The molecule has 0 radical (unpaired) electrons. The molecule has 1 aliphatic heterocycles. The number of aromatic nitrogens is 1. The van der Waals surface area contributed by atoms with Crippen LogP contribution in [0.25, 0.3) is 0 Å². The fraction of sp³-hybridized carbons (Fsp3) is 0.625. The van der Waals surface area contributed by atoms with Gasteiger partial charge >= 0.3 is 0 Å². The van der Waals surface area contributed by atoms with Crippen LogP contribution in [-0.2, 0) is 4.79 Å². The highest BCUT2D eigenvalue weighted by molar-refractivity contribution is 5.86. The van der Waals surface area contributed by atoms with E-state index in [-0.39, 0.29) is 36.3 Å². The maximum absolute atomic E-state index is 12.3. The zero-order chi connectivity index (χ0) is 15.0. The summed E-state index contributed by atoms with van der Waals surface area (Å²) in [5.74, 6) is 1.07. The van der Waals surface area contributed by atoms with Crippen LogP contribution in [0.2, 0.25) is 0 Å². The molecular formula is C16H28Cl2N4O. The third-order valence-electron chi connectivity index (χ3n) is 4.14. The molecule has 0 saturated carbocycles. The van der Waals surface area contributed by atoms with Crippen molar-refractivity contribution in [2.45, 2.75) is 44.6 Å². The van der Waals surface area contributed by atoms with Crippen molar-refractivity contribution in [3.8, 4) is 0 Å². The van der Waals surface area contributed by atoms with Gasteiger partial charge in [0.05, 0.1) is 5.54 Å². The number of hydrogen-bond acceptors (Lipinski definition) is 4. The van der Waals surface area contributed by atoms with Gasteiger partial charge in [0.15, 0.2) is 0 Å². The van der Waals surface area contributed by atoms with Gasteiger partial charge in [0.2, 0.25) is 5.91 Å². The minimum atomic E-state index is -0.313. The molecule has 0 aliphatic carbocycles. The van der Waals surface area contributed by atoms with E-state index in [0.29, 0.717) is 0 Å². The topological polar surface area (TPSA) is 66.0 Å². The Labute approximate surface area is 151 Å². The van der Waals surface area contributed by atoms with E-state index in [1.165, 1.54) is 0 Å². The Morgan fingerprint density at radius 3 is 2.70 bits per heavy atom. The molecule has 1 aliphatic rings. The van der Waals surface area contributed by atoms with Crippen LogP contribution in [0.4, 0.5) is 5.82 Å². The zero-order valence-corrected chi connectivity index (χ0v) is 15.3. The van der Waals surface area contributed by atoms with Crippen molar-refractivity contribution >= 4 is 36.5 Å². The molecule has 23 heavy (non-hydrogen) atoms. The van der Waals surface area contributed by atoms with Crippen LogP contribution in [0.1, 0.15) is 39.0 Å². The zero-order valence-electron chi connectivity index (χ0n) is 13.6. The van der Waals surface area contributed by atoms with E-state index in [9.17, 15) is 4.79 Å². The minimum Gasteiger partial charge on any atom is -0.370 e. The van der Waals surface area contributed by atoms with E-state index in [1.54, 1.807) is 6.20 Å². The molecule has 1 aromatic rings. The summed E-state index contributed by atoms with van der Waals surface area (Å²) < 4.78 is 0. The summed E-state index contributed by atoms with van der Waals surface area (Å²) in [5, 5.41) is 9.70. The average molecular weight is 363 g/mol. The van der Waals surface area contributed by atoms with Crippen molar-refractivity contribution in [1.82, 2.24) is 15.6 Å². The number of nitrogens with zero attached hydrogens (tertiary/aromatic N) is 1. The molecule has 2 heterocycles. The highest BCUT2D eigenvalue weighted by atomic mass is 35.5. The first kappa shape index (κ1) is 22.0. The van der Waals surface area contributed by atoms with Gasteiger partial charge in [-0.05, 0) is 50.8 Å². The van der Waals surface area contributed by atoms with Crippen LogP contribution in [-0.4, -0.2) is 36.1 Å². The molecule has 2 rings (SSSR count). The normalized spacial score (nSPS) is 19.3. The van der Waals surface area contributed by atoms with Crippen LogP contribution in [0.3, 0.4) is 0 Å². The van der Waals surface area contributed by atoms with E-state index in [2.05, 4.69) is 27.9 Å². The molecule has 1 saturated heterocycles. The van der Waals surface area contributed by atoms with Crippen LogP contribution in [0, 0.1) is 0 Å². The lowest BCUT2D eigenvalue weighted by atomic mass is 9.93. The quantitative estimate of drug-likeness (QED) is 0.622. The molecule has 132 valence electrons. The number of nitrogens with one attached hydrogen (secondary N) is 3. The Morgan fingerprint density at radius 2 is 2.09 bits per heavy atom. The van der Waals surface area contributed by atoms with Crippen LogP contribution in [0.5, 0.6) is 0 Å². The van der Waals surface area contributed by atoms with Gasteiger partial charge in [0, 0.05) is 19.3 Å². The van der Waals surface area contributed by atoms with Gasteiger partial charge in [-0.1, -0.05) is 13.0 Å². The summed E-state index contributed by atoms with van der Waals surface area (Å²) in [5.41, 5.74) is -0.313. The highest BCUT2D eigenvalue weighted by Crippen LogP contribution is 2.22. The second-order valence-electron chi connectivity index (χ2n) is 5.57. The van der Waals surface area contributed by atoms with Gasteiger partial charge in [-0.2, -0.15) is 0 Å². The second kappa shape index (κ2) is 11.5. The van der Waals surface area contributed by atoms with E-state index in [4.69, 9.17) is 0 Å². The molecule has 3 N–H and O–H groups in total. The fourth-order valence-corrected chi connectivity index (χ4v) is 2.77. The molecule has 0 spiro atoms. The molecular weight excluding hydrogens is 335 g/mol. The second-order valence-corrected chi connectivity index (χ2v) is 5.57. The van der Waals surface area contributed by atoms with Crippen molar-refractivity contribution in [2.24, 2.45) is 0 Å². The van der Waals surface area contributed by atoms with Crippen molar-refractivity contribution in [3.05, 3.63) is 24.4 Å². The summed E-state index contributed by atoms with van der Waals surface area (Å²) in [6.07, 6.45) is 6.68. The third kappa shape index (κ3) is 6.53. The lowest BCUT2D eigenvalue weighted by Crippen LogP contribution is -2.53. The Bertz CT molecular complexity index is 439. The molecule has 0 bridgehead atoms. The fourth-order valence-electron chi connectivity index (χ4n) is 2.77. The first-order chi connectivity index (χ1) is 10.3. The first-order valence-electron chi connectivity index (χ1n) is 7.95. The molecule has 1 aromatic heterocycles. The van der Waals surface area contributed by atoms with E-state index in [1.807, 2.05) is 18.2 Å². The van der Waals surface area contributed by atoms with Crippen LogP contribution < -0.4 is 16.0 Å². The monoisotopic (exact) mass is 362 g/mol. The maximum Gasteiger partial charge on any atom is 0.240 e. The predicted molar refractivity (Wildman–Crippen MR) is 99.7 cm³/mol. The largest absolute Gasteiger partial charge is 0.370 e. The van der Waals surface area contributed by atoms with Crippen molar-refractivity contribution < 1.29 is 4.79 Å². The SMILES string of the molecule is CCC1(C(=O)NCCCCNc2ccccn2)CCCN1.Cl.Cl. The number of unbranched alkanes of at least 4 members (excludes halogenated alkanes) is 1. The summed E-state index contributed by atoms with van der Waals surface area (Å²) in [4.78, 5) is 16.5. The smallest absolute Gasteiger partial charge is 0.240 e. The molecule has 1 amide bonds. The van der Waals surface area contributed by atoms with Gasteiger partial charge in [-0.15, -0.1) is 24.8 Å². The first-order valence-corrected chi connectivity index (χ1v) is 7.95. The van der Waals surface area contributed by atoms with Crippen molar-refractivity contribution in [3.63, 3.8) is 0 Å². The Morgan fingerprint density at radius 1 is 1.30 bits per heavy atom. The van der Waals surface area contributed by atoms with E-state index < -0.39 is 0 Å². The van der Waals surface area contributed by atoms with Crippen LogP contribution >= 0.6 is 24.8 Å². The standard InChI is InChI=1S/C16H26N4O.2ClH/c1-2-16(9-7-13-20-16)15(21)19-12-6-5-11-18-14-8-3-4-10-17-14;;/h3-4,8,10,20H,2,5-7,9,11-13H2,1H3,(H,17,18)(H,19,21);2*1H.